The number of benzene rings is 2. The van der Waals surface area contributed by atoms with E-state index in [9.17, 15) is 9.18 Å². The summed E-state index contributed by atoms with van der Waals surface area (Å²) in [7, 11) is 3.51. The summed E-state index contributed by atoms with van der Waals surface area (Å²) < 4.78 is 18.3. The number of carbonyl (C=O) groups excluding carboxylic acids is 1. The zero-order valence-electron chi connectivity index (χ0n) is 12.4. The molecule has 0 saturated heterocycles. The summed E-state index contributed by atoms with van der Waals surface area (Å²) in [5.41, 5.74) is 2.46. The second kappa shape index (κ2) is 6.39. The van der Waals surface area contributed by atoms with Gasteiger partial charge in [-0.25, -0.2) is 4.39 Å². The lowest BCUT2D eigenvalue weighted by atomic mass is 10.1. The van der Waals surface area contributed by atoms with E-state index in [-0.39, 0.29) is 11.6 Å². The van der Waals surface area contributed by atoms with E-state index in [2.05, 4.69) is 0 Å². The van der Waals surface area contributed by atoms with Crippen LogP contribution in [0.25, 0.3) is 0 Å². The van der Waals surface area contributed by atoms with Crippen LogP contribution in [-0.4, -0.2) is 19.9 Å². The van der Waals surface area contributed by atoms with Crippen LogP contribution in [0.5, 0.6) is 5.75 Å². The Balaban J connectivity index is 2.26. The third kappa shape index (κ3) is 3.60. The number of rotatable bonds is 5. The van der Waals surface area contributed by atoms with E-state index >= 15 is 0 Å². The van der Waals surface area contributed by atoms with Crippen molar-refractivity contribution in [3.05, 3.63) is 59.4 Å². The predicted octanol–water partition coefficient (Wildman–Crippen LogP) is 3.67. The van der Waals surface area contributed by atoms with E-state index in [1.807, 2.05) is 18.0 Å². The van der Waals surface area contributed by atoms with Crippen LogP contribution in [0.15, 0.2) is 42.5 Å². The number of ketones is 1. The van der Waals surface area contributed by atoms with Crippen molar-refractivity contribution in [3.63, 3.8) is 0 Å². The van der Waals surface area contributed by atoms with E-state index in [4.69, 9.17) is 4.74 Å². The summed E-state index contributed by atoms with van der Waals surface area (Å²) in [6.45, 7) is 2.10. The van der Waals surface area contributed by atoms with Gasteiger partial charge in [-0.15, -0.1) is 0 Å². The Kier molecular flexibility index (Phi) is 4.58. The molecule has 0 N–H and O–H groups in total. The van der Waals surface area contributed by atoms with Gasteiger partial charge >= 0.3 is 0 Å². The number of hydrogen-bond donors (Lipinski definition) is 0. The van der Waals surface area contributed by atoms with Crippen molar-refractivity contribution in [1.29, 1.82) is 0 Å². The Hall–Kier alpha value is -2.36. The standard InChI is InChI=1S/C17H18FNO2/c1-12(20)13-4-9-17(21-3)14(10-13)11-19(2)16-7-5-15(18)6-8-16/h4-10H,11H2,1-3H3. The number of hydrogen-bond acceptors (Lipinski definition) is 3. The highest BCUT2D eigenvalue weighted by molar-refractivity contribution is 5.94. The smallest absolute Gasteiger partial charge is 0.159 e. The molecule has 110 valence electrons. The van der Waals surface area contributed by atoms with E-state index in [0.29, 0.717) is 12.1 Å². The number of carbonyl (C=O) groups is 1. The van der Waals surface area contributed by atoms with Gasteiger partial charge in [0.2, 0.25) is 0 Å². The molecule has 3 nitrogen and oxygen atoms in total. The third-order valence-electron chi connectivity index (χ3n) is 3.36. The van der Waals surface area contributed by atoms with Crippen LogP contribution in [0, 0.1) is 5.82 Å². The van der Waals surface area contributed by atoms with Crippen LogP contribution in [0.1, 0.15) is 22.8 Å². The summed E-state index contributed by atoms with van der Waals surface area (Å²) in [4.78, 5) is 13.5. The van der Waals surface area contributed by atoms with E-state index in [1.54, 1.807) is 31.4 Å². The average molecular weight is 287 g/mol. The molecule has 0 heterocycles. The first-order chi connectivity index (χ1) is 10.0. The molecule has 0 amide bonds. The van der Waals surface area contributed by atoms with Gasteiger partial charge in [0.15, 0.2) is 5.78 Å². The molecule has 2 aromatic rings. The lowest BCUT2D eigenvalue weighted by Crippen LogP contribution is -2.17. The number of halogens is 1. The fourth-order valence-electron chi connectivity index (χ4n) is 2.16. The van der Waals surface area contributed by atoms with Crippen molar-refractivity contribution in [3.8, 4) is 5.75 Å². The monoisotopic (exact) mass is 287 g/mol. The van der Waals surface area contributed by atoms with Gasteiger partial charge in [0.25, 0.3) is 0 Å². The van der Waals surface area contributed by atoms with Crippen LogP contribution in [-0.2, 0) is 6.54 Å². The SMILES string of the molecule is COc1ccc(C(C)=O)cc1CN(C)c1ccc(F)cc1. The molecule has 0 aromatic heterocycles. The summed E-state index contributed by atoms with van der Waals surface area (Å²) in [5.74, 6) is 0.487. The highest BCUT2D eigenvalue weighted by Gasteiger charge is 2.10. The highest BCUT2D eigenvalue weighted by Crippen LogP contribution is 2.24. The second-order valence-electron chi connectivity index (χ2n) is 4.92. The Bertz CT molecular complexity index is 638. The van der Waals surface area contributed by atoms with Crippen LogP contribution < -0.4 is 9.64 Å². The summed E-state index contributed by atoms with van der Waals surface area (Å²) >= 11 is 0. The summed E-state index contributed by atoms with van der Waals surface area (Å²) in [6, 6.07) is 11.7. The predicted molar refractivity (Wildman–Crippen MR) is 81.5 cm³/mol. The lowest BCUT2D eigenvalue weighted by molar-refractivity contribution is 0.101. The largest absolute Gasteiger partial charge is 0.496 e. The first kappa shape index (κ1) is 15.0. The van der Waals surface area contributed by atoms with Crippen molar-refractivity contribution >= 4 is 11.5 Å². The molecular weight excluding hydrogens is 269 g/mol. The Morgan fingerprint density at radius 1 is 1.19 bits per heavy atom. The Morgan fingerprint density at radius 2 is 1.86 bits per heavy atom. The maximum absolute atomic E-state index is 13.0. The van der Waals surface area contributed by atoms with Gasteiger partial charge in [0.05, 0.1) is 7.11 Å². The fourth-order valence-corrected chi connectivity index (χ4v) is 2.16. The van der Waals surface area contributed by atoms with Crippen LogP contribution in [0.4, 0.5) is 10.1 Å². The molecule has 0 radical (unpaired) electrons. The Morgan fingerprint density at radius 3 is 2.43 bits per heavy atom. The minimum Gasteiger partial charge on any atom is -0.496 e. The van der Waals surface area contributed by atoms with Gasteiger partial charge < -0.3 is 9.64 Å². The van der Waals surface area contributed by atoms with Gasteiger partial charge in [0, 0.05) is 30.4 Å². The first-order valence-corrected chi connectivity index (χ1v) is 6.66. The highest BCUT2D eigenvalue weighted by atomic mass is 19.1. The molecule has 0 fully saturated rings. The van der Waals surface area contributed by atoms with Crippen LogP contribution in [0.2, 0.25) is 0 Å². The van der Waals surface area contributed by atoms with Crippen LogP contribution in [0.3, 0.4) is 0 Å². The van der Waals surface area contributed by atoms with Gasteiger partial charge in [-0.2, -0.15) is 0 Å². The van der Waals surface area contributed by atoms with Gasteiger partial charge in [-0.1, -0.05) is 0 Å². The van der Waals surface area contributed by atoms with Crippen molar-refractivity contribution < 1.29 is 13.9 Å². The molecule has 0 atom stereocenters. The normalized spacial score (nSPS) is 10.3. The quantitative estimate of drug-likeness (QED) is 0.786. The maximum Gasteiger partial charge on any atom is 0.159 e. The van der Waals surface area contributed by atoms with E-state index in [0.717, 1.165) is 17.0 Å². The molecule has 0 spiro atoms. The zero-order valence-corrected chi connectivity index (χ0v) is 12.4. The summed E-state index contributed by atoms with van der Waals surface area (Å²) in [6.07, 6.45) is 0. The molecule has 2 aromatic carbocycles. The minimum atomic E-state index is -0.261. The number of anilines is 1. The van der Waals surface area contributed by atoms with Crippen molar-refractivity contribution in [1.82, 2.24) is 0 Å². The molecule has 0 saturated carbocycles. The fraction of sp³-hybridized carbons (Fsp3) is 0.235. The lowest BCUT2D eigenvalue weighted by Gasteiger charge is -2.21. The first-order valence-electron chi connectivity index (χ1n) is 6.66. The average Bonchev–Trinajstić information content (AvgIpc) is 2.47. The third-order valence-corrected chi connectivity index (χ3v) is 3.36. The molecule has 0 aliphatic heterocycles. The van der Waals surface area contributed by atoms with Crippen LogP contribution >= 0.6 is 0 Å². The molecule has 0 unspecified atom stereocenters. The molecule has 0 aliphatic rings. The summed E-state index contributed by atoms with van der Waals surface area (Å²) in [5, 5.41) is 0. The minimum absolute atomic E-state index is 0.0170. The molecule has 0 bridgehead atoms. The van der Waals surface area contributed by atoms with E-state index in [1.165, 1.54) is 19.1 Å². The van der Waals surface area contributed by atoms with Crippen molar-refractivity contribution in [2.24, 2.45) is 0 Å². The number of Topliss-reactive ketones (excluding diaryl/α,β-unsaturated/α-hetero) is 1. The van der Waals surface area contributed by atoms with Crippen molar-refractivity contribution in [2.45, 2.75) is 13.5 Å². The molecule has 4 heteroatoms. The molecular formula is C17H18FNO2. The van der Waals surface area contributed by atoms with Gasteiger partial charge in [-0.3, -0.25) is 4.79 Å². The molecule has 21 heavy (non-hydrogen) atoms. The topological polar surface area (TPSA) is 29.5 Å². The van der Waals surface area contributed by atoms with Gasteiger partial charge in [0.1, 0.15) is 11.6 Å². The number of nitrogens with zero attached hydrogens (tertiary/aromatic N) is 1. The second-order valence-corrected chi connectivity index (χ2v) is 4.92. The molecule has 2 rings (SSSR count). The molecule has 0 aliphatic carbocycles. The Labute approximate surface area is 124 Å². The van der Waals surface area contributed by atoms with Crippen molar-refractivity contribution in [2.75, 3.05) is 19.1 Å². The maximum atomic E-state index is 13.0. The number of ether oxygens (including phenoxy) is 1. The zero-order chi connectivity index (χ0) is 15.4. The van der Waals surface area contributed by atoms with Gasteiger partial charge in [-0.05, 0) is 49.4 Å². The van der Waals surface area contributed by atoms with E-state index < -0.39 is 0 Å². The number of methoxy groups -OCH3 is 1.